The van der Waals surface area contributed by atoms with E-state index in [0.717, 1.165) is 49.4 Å². The summed E-state index contributed by atoms with van der Waals surface area (Å²) in [7, 11) is 0. The Balaban J connectivity index is 0.000000135. The van der Waals surface area contributed by atoms with Crippen LogP contribution in [0.4, 0.5) is 0 Å². The highest BCUT2D eigenvalue weighted by atomic mass is 16.6. The van der Waals surface area contributed by atoms with Gasteiger partial charge >= 0.3 is 0 Å². The number of hydrogen-bond acceptors (Lipinski definition) is 8. The van der Waals surface area contributed by atoms with Crippen molar-refractivity contribution >= 4 is 0 Å². The Kier molecular flexibility index (Phi) is 6.93. The SMILES string of the molecule is c1cc(OCC2CO2)cc(OCC2CO2)c1.c1cc(OCC2CO2)cc(OCC2CO2)c1. The van der Waals surface area contributed by atoms with E-state index in [1.54, 1.807) is 0 Å². The van der Waals surface area contributed by atoms with Gasteiger partial charge in [-0.2, -0.15) is 0 Å². The third kappa shape index (κ3) is 7.87. The number of rotatable bonds is 12. The third-order valence-corrected chi connectivity index (χ3v) is 4.96. The van der Waals surface area contributed by atoms with Crippen molar-refractivity contribution in [3.05, 3.63) is 48.5 Å². The van der Waals surface area contributed by atoms with E-state index in [9.17, 15) is 0 Å². The van der Waals surface area contributed by atoms with Crippen LogP contribution in [-0.2, 0) is 18.9 Å². The molecular weight excluding hydrogens is 416 g/mol. The molecule has 8 heteroatoms. The topological polar surface area (TPSA) is 87.0 Å². The molecule has 0 amide bonds. The standard InChI is InChI=1S/2C12H14O4/c2*1-2-9(13-5-11-7-15-11)4-10(3-1)14-6-12-8-16-12/h2*1-4,11-12H,5-8H2. The lowest BCUT2D eigenvalue weighted by molar-refractivity contribution is 0.252. The second-order valence-corrected chi connectivity index (χ2v) is 8.02. The smallest absolute Gasteiger partial charge is 0.123 e. The molecule has 2 aromatic rings. The van der Waals surface area contributed by atoms with Crippen LogP contribution >= 0.6 is 0 Å². The van der Waals surface area contributed by atoms with Gasteiger partial charge in [-0.15, -0.1) is 0 Å². The van der Waals surface area contributed by atoms with Gasteiger partial charge in [-0.25, -0.2) is 0 Å². The van der Waals surface area contributed by atoms with Crippen molar-refractivity contribution in [2.24, 2.45) is 0 Å². The average Bonchev–Trinajstić information content (AvgIpc) is 3.67. The van der Waals surface area contributed by atoms with Gasteiger partial charge in [0.05, 0.1) is 26.4 Å². The Labute approximate surface area is 187 Å². The predicted molar refractivity (Wildman–Crippen MR) is 114 cm³/mol. The van der Waals surface area contributed by atoms with Gasteiger partial charge < -0.3 is 37.9 Å². The summed E-state index contributed by atoms with van der Waals surface area (Å²) in [5.74, 6) is 3.30. The highest BCUT2D eigenvalue weighted by Gasteiger charge is 2.25. The molecule has 32 heavy (non-hydrogen) atoms. The Morgan fingerprint density at radius 3 is 0.969 bits per heavy atom. The monoisotopic (exact) mass is 444 g/mol. The second-order valence-electron chi connectivity index (χ2n) is 8.02. The molecule has 4 aliphatic heterocycles. The van der Waals surface area contributed by atoms with Crippen molar-refractivity contribution in [1.29, 1.82) is 0 Å². The van der Waals surface area contributed by atoms with Gasteiger partial charge in [0.15, 0.2) is 0 Å². The fourth-order valence-electron chi connectivity index (χ4n) is 2.72. The van der Waals surface area contributed by atoms with Gasteiger partial charge in [0.2, 0.25) is 0 Å². The van der Waals surface area contributed by atoms with E-state index in [0.29, 0.717) is 26.4 Å². The predicted octanol–water partition coefficient (Wildman–Crippen LogP) is 2.48. The fourth-order valence-corrected chi connectivity index (χ4v) is 2.72. The van der Waals surface area contributed by atoms with Crippen molar-refractivity contribution in [1.82, 2.24) is 0 Å². The maximum atomic E-state index is 5.56. The van der Waals surface area contributed by atoms with E-state index in [4.69, 9.17) is 37.9 Å². The number of ether oxygens (including phenoxy) is 8. The van der Waals surface area contributed by atoms with Crippen LogP contribution in [0.1, 0.15) is 0 Å². The minimum Gasteiger partial charge on any atom is -0.491 e. The summed E-state index contributed by atoms with van der Waals surface area (Å²) in [6.07, 6.45) is 1.13. The van der Waals surface area contributed by atoms with Gasteiger partial charge in [-0.1, -0.05) is 12.1 Å². The zero-order valence-electron chi connectivity index (χ0n) is 17.9. The molecule has 0 aliphatic carbocycles. The normalized spacial score (nSPS) is 26.2. The van der Waals surface area contributed by atoms with Crippen molar-refractivity contribution in [2.75, 3.05) is 52.9 Å². The van der Waals surface area contributed by atoms with Crippen molar-refractivity contribution < 1.29 is 37.9 Å². The molecule has 172 valence electrons. The van der Waals surface area contributed by atoms with Crippen molar-refractivity contribution in [2.45, 2.75) is 24.4 Å². The summed E-state index contributed by atoms with van der Waals surface area (Å²) in [4.78, 5) is 0. The van der Waals surface area contributed by atoms with Gasteiger partial charge in [-0.3, -0.25) is 0 Å². The molecule has 4 fully saturated rings. The summed E-state index contributed by atoms with van der Waals surface area (Å²) < 4.78 is 42.5. The van der Waals surface area contributed by atoms with Crippen LogP contribution in [-0.4, -0.2) is 77.3 Å². The van der Waals surface area contributed by atoms with Gasteiger partial charge in [0.25, 0.3) is 0 Å². The summed E-state index contributed by atoms with van der Waals surface area (Å²) in [6, 6.07) is 15.3. The van der Waals surface area contributed by atoms with Crippen LogP contribution in [0, 0.1) is 0 Å². The minimum atomic E-state index is 0.282. The number of epoxide rings is 4. The molecule has 0 saturated carbocycles. The molecule has 0 spiro atoms. The lowest BCUT2D eigenvalue weighted by Gasteiger charge is -2.07. The molecule has 4 unspecified atom stereocenters. The Bertz CT molecular complexity index is 725. The Hall–Kier alpha value is -2.52. The fraction of sp³-hybridized carbons (Fsp3) is 0.500. The molecule has 0 bridgehead atoms. The second kappa shape index (κ2) is 10.4. The molecule has 4 heterocycles. The first-order valence-electron chi connectivity index (χ1n) is 11.0. The molecule has 4 atom stereocenters. The zero-order valence-corrected chi connectivity index (χ0v) is 17.9. The largest absolute Gasteiger partial charge is 0.491 e. The van der Waals surface area contributed by atoms with Crippen LogP contribution in [0.15, 0.2) is 48.5 Å². The van der Waals surface area contributed by atoms with E-state index in [2.05, 4.69) is 0 Å². The van der Waals surface area contributed by atoms with Gasteiger partial charge in [0.1, 0.15) is 73.8 Å². The summed E-state index contributed by atoms with van der Waals surface area (Å²) >= 11 is 0. The lowest BCUT2D eigenvalue weighted by atomic mass is 10.3. The van der Waals surface area contributed by atoms with Crippen molar-refractivity contribution in [3.63, 3.8) is 0 Å². The van der Waals surface area contributed by atoms with Crippen LogP contribution in [0.5, 0.6) is 23.0 Å². The van der Waals surface area contributed by atoms with Gasteiger partial charge in [-0.05, 0) is 24.3 Å². The molecule has 6 rings (SSSR count). The molecule has 0 radical (unpaired) electrons. The van der Waals surface area contributed by atoms with Crippen LogP contribution < -0.4 is 18.9 Å². The first kappa shape index (κ1) is 21.3. The van der Waals surface area contributed by atoms with Crippen molar-refractivity contribution in [3.8, 4) is 23.0 Å². The highest BCUT2D eigenvalue weighted by molar-refractivity contribution is 5.33. The lowest BCUT2D eigenvalue weighted by Crippen LogP contribution is -2.06. The molecule has 4 aliphatic rings. The van der Waals surface area contributed by atoms with Gasteiger partial charge in [0, 0.05) is 12.1 Å². The third-order valence-electron chi connectivity index (χ3n) is 4.96. The first-order valence-corrected chi connectivity index (χ1v) is 11.0. The Morgan fingerprint density at radius 2 is 0.750 bits per heavy atom. The van der Waals surface area contributed by atoms with E-state index < -0.39 is 0 Å². The maximum Gasteiger partial charge on any atom is 0.123 e. The summed E-state index contributed by atoms with van der Waals surface area (Å²) in [5, 5.41) is 0. The molecule has 0 aromatic heterocycles. The Morgan fingerprint density at radius 1 is 0.500 bits per heavy atom. The molecule has 0 N–H and O–H groups in total. The summed E-state index contributed by atoms with van der Waals surface area (Å²) in [5.41, 5.74) is 0. The summed E-state index contributed by atoms with van der Waals surface area (Å²) in [6.45, 7) is 5.74. The van der Waals surface area contributed by atoms with E-state index in [1.807, 2.05) is 48.5 Å². The maximum absolute atomic E-state index is 5.56. The quantitative estimate of drug-likeness (QED) is 0.462. The van der Waals surface area contributed by atoms with Crippen LogP contribution in [0.25, 0.3) is 0 Å². The first-order chi connectivity index (χ1) is 15.8. The van der Waals surface area contributed by atoms with Crippen LogP contribution in [0.2, 0.25) is 0 Å². The molecular formula is C24H28O8. The molecule has 4 saturated heterocycles. The number of hydrogen-bond donors (Lipinski definition) is 0. The highest BCUT2D eigenvalue weighted by Crippen LogP contribution is 2.23. The van der Waals surface area contributed by atoms with E-state index in [-0.39, 0.29) is 24.4 Å². The van der Waals surface area contributed by atoms with E-state index >= 15 is 0 Å². The minimum absolute atomic E-state index is 0.282. The molecule has 8 nitrogen and oxygen atoms in total. The van der Waals surface area contributed by atoms with Crippen LogP contribution in [0.3, 0.4) is 0 Å². The molecule has 2 aromatic carbocycles. The number of benzene rings is 2. The zero-order chi connectivity index (χ0) is 21.6. The van der Waals surface area contributed by atoms with E-state index in [1.165, 1.54) is 0 Å². The average molecular weight is 444 g/mol.